The van der Waals surface area contributed by atoms with Crippen molar-refractivity contribution in [2.75, 3.05) is 18.5 Å². The molecule has 3 heterocycles. The number of hydrogen-bond donors (Lipinski definition) is 1. The Morgan fingerprint density at radius 1 is 1.12 bits per heavy atom. The van der Waals surface area contributed by atoms with Crippen LogP contribution in [0.3, 0.4) is 0 Å². The van der Waals surface area contributed by atoms with Crippen LogP contribution in [0.2, 0.25) is 5.02 Å². The molecule has 2 aliphatic heterocycles. The summed E-state index contributed by atoms with van der Waals surface area (Å²) in [6, 6.07) is 8.65. The monoisotopic (exact) mass is 474 g/mol. The maximum Gasteiger partial charge on any atom is 0.272 e. The van der Waals surface area contributed by atoms with Crippen LogP contribution in [0, 0.1) is 5.92 Å². The Kier molecular flexibility index (Phi) is 5.86. The molecule has 9 heteroatoms. The lowest BCUT2D eigenvalue weighted by atomic mass is 9.78. The van der Waals surface area contributed by atoms with Crippen molar-refractivity contribution in [2.24, 2.45) is 5.92 Å². The molecule has 1 N–H and O–H groups in total. The first-order valence-corrected chi connectivity index (χ1v) is 13.0. The van der Waals surface area contributed by atoms with Crippen LogP contribution in [-0.4, -0.2) is 47.8 Å². The lowest BCUT2D eigenvalue weighted by Crippen LogP contribution is -2.49. The van der Waals surface area contributed by atoms with E-state index in [0.29, 0.717) is 28.4 Å². The molecule has 1 amide bonds. The smallest absolute Gasteiger partial charge is 0.272 e. The summed E-state index contributed by atoms with van der Waals surface area (Å²) in [5.74, 6) is 0.609. The molecule has 0 bridgehead atoms. The predicted molar refractivity (Wildman–Crippen MR) is 123 cm³/mol. The van der Waals surface area contributed by atoms with Crippen molar-refractivity contribution in [2.45, 2.75) is 56.0 Å². The predicted octanol–water partition coefficient (Wildman–Crippen LogP) is 4.10. The second-order valence-electron chi connectivity index (χ2n) is 8.89. The van der Waals surface area contributed by atoms with Crippen LogP contribution < -0.4 is 5.32 Å². The third-order valence-corrected chi connectivity index (χ3v) is 8.98. The number of anilines is 1. The van der Waals surface area contributed by atoms with E-state index in [0.717, 1.165) is 24.9 Å². The number of carbonyl (C=O) groups is 1. The van der Waals surface area contributed by atoms with E-state index in [-0.39, 0.29) is 24.0 Å². The molecule has 3 aliphatic rings. The second-order valence-corrected chi connectivity index (χ2v) is 11.2. The van der Waals surface area contributed by atoms with Crippen LogP contribution in [0.5, 0.6) is 0 Å². The van der Waals surface area contributed by atoms with Gasteiger partial charge in [-0.05, 0) is 61.4 Å². The minimum absolute atomic E-state index is 0.0102. The van der Waals surface area contributed by atoms with E-state index in [9.17, 15) is 13.2 Å². The Morgan fingerprint density at radius 3 is 2.75 bits per heavy atom. The molecule has 2 atom stereocenters. The molecule has 1 aromatic heterocycles. The van der Waals surface area contributed by atoms with E-state index in [1.807, 2.05) is 4.90 Å². The number of benzene rings is 1. The molecule has 1 saturated heterocycles. The van der Waals surface area contributed by atoms with Gasteiger partial charge in [-0.2, -0.15) is 4.31 Å². The molecular weight excluding hydrogens is 448 g/mol. The molecule has 0 radical (unpaired) electrons. The largest absolute Gasteiger partial charge is 0.370 e. The van der Waals surface area contributed by atoms with Gasteiger partial charge in [-0.15, -0.1) is 0 Å². The van der Waals surface area contributed by atoms with Crippen molar-refractivity contribution in [1.82, 2.24) is 14.2 Å². The number of amides is 1. The van der Waals surface area contributed by atoms with Gasteiger partial charge < -0.3 is 10.2 Å². The fourth-order valence-electron chi connectivity index (χ4n) is 5.27. The van der Waals surface area contributed by atoms with Gasteiger partial charge in [-0.3, -0.25) is 9.78 Å². The number of sulfonamides is 1. The van der Waals surface area contributed by atoms with Gasteiger partial charge in [-0.1, -0.05) is 30.5 Å². The highest BCUT2D eigenvalue weighted by atomic mass is 35.5. The lowest BCUT2D eigenvalue weighted by molar-refractivity contribution is 0.0385. The van der Waals surface area contributed by atoms with Gasteiger partial charge in [0.1, 0.15) is 10.6 Å². The molecule has 5 rings (SSSR count). The molecule has 1 aliphatic carbocycles. The molecule has 1 aromatic carbocycles. The van der Waals surface area contributed by atoms with E-state index in [1.165, 1.54) is 36.1 Å². The number of pyridine rings is 1. The standard InChI is InChI=1S/C23H27ClN4O3S/c24-18-8-10-19-22(12-18)32(30,31)27(15-26-19)14-16-7-9-20(25-13-16)23(29)28-11-3-5-17-4-1-2-6-21(17)28/h7-10,12-13,17,21,26H,1-6,11,14-15H2. The third kappa shape index (κ3) is 4.00. The summed E-state index contributed by atoms with van der Waals surface area (Å²) >= 11 is 6.01. The van der Waals surface area contributed by atoms with E-state index in [4.69, 9.17) is 11.6 Å². The number of aromatic nitrogens is 1. The van der Waals surface area contributed by atoms with Gasteiger partial charge >= 0.3 is 0 Å². The Bertz CT molecular complexity index is 1120. The maximum absolute atomic E-state index is 13.2. The van der Waals surface area contributed by atoms with Crippen LogP contribution in [-0.2, 0) is 16.6 Å². The van der Waals surface area contributed by atoms with E-state index >= 15 is 0 Å². The average Bonchev–Trinajstić information content (AvgIpc) is 2.81. The quantitative estimate of drug-likeness (QED) is 0.724. The Hall–Kier alpha value is -2.16. The SMILES string of the molecule is O=C(c1ccc(CN2CNc3ccc(Cl)cc3S2(=O)=O)cn1)N1CCCC2CCCCC21. The number of piperidine rings is 1. The van der Waals surface area contributed by atoms with Crippen molar-refractivity contribution < 1.29 is 13.2 Å². The number of nitrogens with one attached hydrogen (secondary N) is 1. The Morgan fingerprint density at radius 2 is 1.94 bits per heavy atom. The van der Waals surface area contributed by atoms with Gasteiger partial charge in [0.2, 0.25) is 10.0 Å². The summed E-state index contributed by atoms with van der Waals surface area (Å²) in [6.07, 6.45) is 8.63. The first-order valence-electron chi connectivity index (χ1n) is 11.2. The first kappa shape index (κ1) is 21.7. The van der Waals surface area contributed by atoms with Crippen LogP contribution in [0.1, 0.15) is 54.6 Å². The second kappa shape index (κ2) is 8.65. The zero-order chi connectivity index (χ0) is 22.3. The van der Waals surface area contributed by atoms with Crippen molar-refractivity contribution in [1.29, 1.82) is 0 Å². The summed E-state index contributed by atoms with van der Waals surface area (Å²) in [4.78, 5) is 19.8. The summed E-state index contributed by atoms with van der Waals surface area (Å²) < 4.78 is 27.4. The Balaban J connectivity index is 1.30. The number of likely N-dealkylation sites (tertiary alicyclic amines) is 1. The molecular formula is C23H27ClN4O3S. The maximum atomic E-state index is 13.2. The lowest BCUT2D eigenvalue weighted by Gasteiger charge is -2.44. The molecule has 7 nitrogen and oxygen atoms in total. The molecule has 2 unspecified atom stereocenters. The summed E-state index contributed by atoms with van der Waals surface area (Å²) in [6.45, 7) is 1.12. The van der Waals surface area contributed by atoms with Crippen molar-refractivity contribution in [3.63, 3.8) is 0 Å². The zero-order valence-corrected chi connectivity index (χ0v) is 19.4. The summed E-state index contributed by atoms with van der Waals surface area (Å²) in [5.41, 5.74) is 1.70. The van der Waals surface area contributed by atoms with Gasteiger partial charge in [0, 0.05) is 30.4 Å². The van der Waals surface area contributed by atoms with Gasteiger partial charge in [0.15, 0.2) is 0 Å². The van der Waals surface area contributed by atoms with E-state index in [1.54, 1.807) is 30.5 Å². The number of hydrogen-bond acceptors (Lipinski definition) is 5. The molecule has 2 fully saturated rings. The normalized spacial score (nSPS) is 24.8. The number of rotatable bonds is 3. The van der Waals surface area contributed by atoms with Crippen LogP contribution in [0.4, 0.5) is 5.69 Å². The highest BCUT2D eigenvalue weighted by molar-refractivity contribution is 7.89. The van der Waals surface area contributed by atoms with Gasteiger partial charge in [-0.25, -0.2) is 8.42 Å². The minimum atomic E-state index is -3.68. The topological polar surface area (TPSA) is 82.6 Å². The van der Waals surface area contributed by atoms with Gasteiger partial charge in [0.25, 0.3) is 5.91 Å². The van der Waals surface area contributed by atoms with Crippen molar-refractivity contribution in [3.05, 3.63) is 52.8 Å². The number of nitrogens with zero attached hydrogens (tertiary/aromatic N) is 3. The number of fused-ring (bicyclic) bond motifs is 2. The fourth-order valence-corrected chi connectivity index (χ4v) is 7.03. The Labute approximate surface area is 193 Å². The summed E-state index contributed by atoms with van der Waals surface area (Å²) in [7, 11) is -3.68. The number of carbonyl (C=O) groups excluding carboxylic acids is 1. The molecule has 1 saturated carbocycles. The molecule has 0 spiro atoms. The minimum Gasteiger partial charge on any atom is -0.370 e. The fraction of sp³-hybridized carbons (Fsp3) is 0.478. The average molecular weight is 475 g/mol. The van der Waals surface area contributed by atoms with Gasteiger partial charge in [0.05, 0.1) is 12.4 Å². The van der Waals surface area contributed by atoms with Crippen molar-refractivity contribution in [3.8, 4) is 0 Å². The van der Waals surface area contributed by atoms with E-state index in [2.05, 4.69) is 10.3 Å². The molecule has 2 aromatic rings. The highest BCUT2D eigenvalue weighted by Gasteiger charge is 2.36. The molecule has 32 heavy (non-hydrogen) atoms. The summed E-state index contributed by atoms with van der Waals surface area (Å²) in [5, 5.41) is 3.50. The zero-order valence-electron chi connectivity index (χ0n) is 17.8. The van der Waals surface area contributed by atoms with Crippen LogP contribution >= 0.6 is 11.6 Å². The number of halogens is 1. The molecule has 170 valence electrons. The first-order chi connectivity index (χ1) is 15.4. The van der Waals surface area contributed by atoms with Crippen LogP contribution in [0.25, 0.3) is 0 Å². The third-order valence-electron chi connectivity index (χ3n) is 6.91. The van der Waals surface area contributed by atoms with Crippen molar-refractivity contribution >= 4 is 33.2 Å². The highest BCUT2D eigenvalue weighted by Crippen LogP contribution is 2.36. The van der Waals surface area contributed by atoms with E-state index < -0.39 is 10.0 Å². The van der Waals surface area contributed by atoms with Crippen LogP contribution in [0.15, 0.2) is 41.4 Å².